The van der Waals surface area contributed by atoms with Crippen molar-refractivity contribution in [3.63, 3.8) is 0 Å². The first-order chi connectivity index (χ1) is 13.5. The number of para-hydroxylation sites is 1. The van der Waals surface area contributed by atoms with Crippen molar-refractivity contribution >= 4 is 18.4 Å². The summed E-state index contributed by atoms with van der Waals surface area (Å²) in [6, 6.07) is 8.60. The van der Waals surface area contributed by atoms with E-state index in [1.807, 2.05) is 13.0 Å². The van der Waals surface area contributed by atoms with E-state index >= 15 is 0 Å². The molecule has 0 saturated carbocycles. The minimum Gasteiger partial charge on any atom is -0.466 e. The van der Waals surface area contributed by atoms with Gasteiger partial charge in [-0.25, -0.2) is 9.37 Å². The molecule has 0 radical (unpaired) electrons. The number of carbonyl (C=O) groups excluding carboxylic acids is 1. The van der Waals surface area contributed by atoms with E-state index in [0.29, 0.717) is 19.6 Å². The SMILES string of the molecule is C=[N+]1CC[C@]23C(=C(C(=O)OC)[C@H](CC4(C)OCCO4)C[C@H]12)Nc1ccccc13. The van der Waals surface area contributed by atoms with Crippen LogP contribution in [0.3, 0.4) is 0 Å². The van der Waals surface area contributed by atoms with Crippen molar-refractivity contribution in [2.45, 2.75) is 43.4 Å². The van der Waals surface area contributed by atoms with Gasteiger partial charge in [0.05, 0.1) is 25.9 Å². The van der Waals surface area contributed by atoms with Crippen LogP contribution in [0.4, 0.5) is 5.69 Å². The molecule has 1 spiro atoms. The molecule has 1 aromatic carbocycles. The van der Waals surface area contributed by atoms with Gasteiger partial charge in [-0.2, -0.15) is 0 Å². The molecule has 0 unspecified atom stereocenters. The zero-order chi connectivity index (χ0) is 19.5. The summed E-state index contributed by atoms with van der Waals surface area (Å²) >= 11 is 0. The highest BCUT2D eigenvalue weighted by Crippen LogP contribution is 2.58. The van der Waals surface area contributed by atoms with Crippen molar-refractivity contribution in [1.82, 2.24) is 0 Å². The predicted octanol–water partition coefficient (Wildman–Crippen LogP) is 2.44. The van der Waals surface area contributed by atoms with E-state index in [1.54, 1.807) is 0 Å². The Labute approximate surface area is 165 Å². The Bertz CT molecular complexity index is 886. The van der Waals surface area contributed by atoms with Crippen LogP contribution in [-0.4, -0.2) is 56.0 Å². The van der Waals surface area contributed by atoms with Crippen LogP contribution in [0.15, 0.2) is 35.5 Å². The van der Waals surface area contributed by atoms with E-state index in [2.05, 4.69) is 34.8 Å². The molecule has 148 valence electrons. The molecule has 0 bridgehead atoms. The van der Waals surface area contributed by atoms with Crippen molar-refractivity contribution in [2.75, 3.05) is 32.2 Å². The van der Waals surface area contributed by atoms with Crippen molar-refractivity contribution in [2.24, 2.45) is 5.92 Å². The van der Waals surface area contributed by atoms with Gasteiger partial charge in [0.25, 0.3) is 0 Å². The van der Waals surface area contributed by atoms with Crippen molar-refractivity contribution in [3.05, 3.63) is 41.1 Å². The Balaban J connectivity index is 1.67. The smallest absolute Gasteiger partial charge is 0.335 e. The number of nitrogens with one attached hydrogen (secondary N) is 1. The van der Waals surface area contributed by atoms with Crippen molar-refractivity contribution in [1.29, 1.82) is 0 Å². The van der Waals surface area contributed by atoms with E-state index in [4.69, 9.17) is 14.2 Å². The Morgan fingerprint density at radius 2 is 2.11 bits per heavy atom. The average Bonchev–Trinajstić information content (AvgIpc) is 3.36. The Hall–Kier alpha value is -2.18. The number of carbonyl (C=O) groups is 1. The minimum atomic E-state index is -0.666. The first-order valence-electron chi connectivity index (χ1n) is 10.0. The number of anilines is 1. The zero-order valence-corrected chi connectivity index (χ0v) is 16.5. The summed E-state index contributed by atoms with van der Waals surface area (Å²) in [5, 5.41) is 3.59. The molecule has 3 atom stereocenters. The number of fused-ring (bicyclic) bond motifs is 1. The van der Waals surface area contributed by atoms with Crippen LogP contribution in [0.1, 0.15) is 31.7 Å². The molecular formula is C22H27N2O4+. The summed E-state index contributed by atoms with van der Waals surface area (Å²) in [6.07, 6.45) is 2.40. The second-order valence-corrected chi connectivity index (χ2v) is 8.47. The fourth-order valence-corrected chi connectivity index (χ4v) is 5.86. The van der Waals surface area contributed by atoms with Gasteiger partial charge in [0, 0.05) is 36.6 Å². The summed E-state index contributed by atoms with van der Waals surface area (Å²) < 4.78 is 19.2. The number of nitrogens with zero attached hydrogens (tertiary/aromatic N) is 1. The maximum absolute atomic E-state index is 13.0. The Kier molecular flexibility index (Phi) is 3.93. The highest BCUT2D eigenvalue weighted by Gasteiger charge is 2.63. The molecule has 3 heterocycles. The number of hydrogen-bond acceptors (Lipinski definition) is 5. The van der Waals surface area contributed by atoms with E-state index in [9.17, 15) is 4.79 Å². The summed E-state index contributed by atoms with van der Waals surface area (Å²) in [5.41, 5.74) is 3.86. The van der Waals surface area contributed by atoms with E-state index < -0.39 is 5.79 Å². The van der Waals surface area contributed by atoms with Gasteiger partial charge >= 0.3 is 5.97 Å². The van der Waals surface area contributed by atoms with Crippen LogP contribution in [-0.2, 0) is 24.4 Å². The quantitative estimate of drug-likeness (QED) is 0.642. The molecule has 1 N–H and O–H groups in total. The van der Waals surface area contributed by atoms with Gasteiger partial charge in [0.15, 0.2) is 11.8 Å². The topological polar surface area (TPSA) is 59.8 Å². The first-order valence-corrected chi connectivity index (χ1v) is 10.0. The van der Waals surface area contributed by atoms with Gasteiger partial charge in [0.1, 0.15) is 18.7 Å². The summed E-state index contributed by atoms with van der Waals surface area (Å²) in [6.45, 7) is 8.37. The van der Waals surface area contributed by atoms with Gasteiger partial charge in [-0.05, 0) is 18.6 Å². The number of esters is 1. The maximum atomic E-state index is 13.0. The summed E-state index contributed by atoms with van der Waals surface area (Å²) in [7, 11) is 1.46. The van der Waals surface area contributed by atoms with Gasteiger partial charge in [-0.15, -0.1) is 0 Å². The number of rotatable bonds is 3. The lowest BCUT2D eigenvalue weighted by molar-refractivity contribution is -0.542. The maximum Gasteiger partial charge on any atom is 0.335 e. The monoisotopic (exact) mass is 383 g/mol. The third-order valence-corrected chi connectivity index (χ3v) is 7.02. The molecule has 4 aliphatic rings. The fourth-order valence-electron chi connectivity index (χ4n) is 5.86. The highest BCUT2D eigenvalue weighted by atomic mass is 16.7. The molecular weight excluding hydrogens is 356 g/mol. The highest BCUT2D eigenvalue weighted by molar-refractivity contribution is 5.93. The summed E-state index contributed by atoms with van der Waals surface area (Å²) in [5.74, 6) is -0.948. The Morgan fingerprint density at radius 3 is 2.86 bits per heavy atom. The molecule has 6 nitrogen and oxygen atoms in total. The second-order valence-electron chi connectivity index (χ2n) is 8.47. The number of benzene rings is 1. The molecule has 5 rings (SSSR count). The summed E-state index contributed by atoms with van der Waals surface area (Å²) in [4.78, 5) is 13.0. The zero-order valence-electron chi connectivity index (χ0n) is 16.5. The minimum absolute atomic E-state index is 0.0205. The van der Waals surface area contributed by atoms with Crippen LogP contribution >= 0.6 is 0 Å². The van der Waals surface area contributed by atoms with E-state index in [1.165, 1.54) is 12.7 Å². The number of hydrogen-bond donors (Lipinski definition) is 1. The molecule has 0 aromatic heterocycles. The van der Waals surface area contributed by atoms with Gasteiger partial charge in [-0.3, -0.25) is 0 Å². The van der Waals surface area contributed by atoms with Gasteiger partial charge < -0.3 is 19.5 Å². The van der Waals surface area contributed by atoms with Crippen LogP contribution in [0.5, 0.6) is 0 Å². The fraction of sp³-hybridized carbons (Fsp3) is 0.545. The van der Waals surface area contributed by atoms with Crippen LogP contribution < -0.4 is 5.32 Å². The molecule has 6 heteroatoms. The molecule has 28 heavy (non-hydrogen) atoms. The molecule has 3 aliphatic heterocycles. The van der Waals surface area contributed by atoms with Crippen molar-refractivity contribution < 1.29 is 23.6 Å². The van der Waals surface area contributed by atoms with Crippen LogP contribution in [0, 0.1) is 5.92 Å². The standard InChI is InChI=1S/C22H26N2O4/c1-21(27-10-11-28-21)13-14-12-17-22(8-9-24(17)2)15-6-4-5-7-16(15)23-19(22)18(14)20(25)26-3/h4-7,14,17H,2,8-13H2,1,3H3/p+1/t14-,17-,22+/m0/s1. The molecule has 2 fully saturated rings. The lowest BCUT2D eigenvalue weighted by Gasteiger charge is -2.39. The van der Waals surface area contributed by atoms with Crippen molar-refractivity contribution in [3.8, 4) is 0 Å². The van der Waals surface area contributed by atoms with Gasteiger partial charge in [0.2, 0.25) is 0 Å². The molecule has 1 aromatic rings. The lowest BCUT2D eigenvalue weighted by Crippen LogP contribution is -2.48. The average molecular weight is 383 g/mol. The largest absolute Gasteiger partial charge is 0.466 e. The molecule has 0 amide bonds. The number of methoxy groups -OCH3 is 1. The third kappa shape index (κ3) is 2.34. The van der Waals surface area contributed by atoms with Gasteiger partial charge in [-0.1, -0.05) is 18.2 Å². The molecule has 2 saturated heterocycles. The van der Waals surface area contributed by atoms with E-state index in [0.717, 1.165) is 36.3 Å². The number of ether oxygens (including phenoxy) is 3. The first kappa shape index (κ1) is 17.9. The third-order valence-electron chi connectivity index (χ3n) is 7.02. The Morgan fingerprint density at radius 1 is 1.36 bits per heavy atom. The lowest BCUT2D eigenvalue weighted by atomic mass is 9.63. The van der Waals surface area contributed by atoms with E-state index in [-0.39, 0.29) is 23.3 Å². The van der Waals surface area contributed by atoms with Crippen LogP contribution in [0.2, 0.25) is 0 Å². The van der Waals surface area contributed by atoms with Crippen LogP contribution in [0.25, 0.3) is 0 Å². The molecule has 1 aliphatic carbocycles. The predicted molar refractivity (Wildman–Crippen MR) is 104 cm³/mol. The second kappa shape index (κ2) is 6.16. The normalized spacial score (nSPS) is 32.6.